The second-order valence-electron chi connectivity index (χ2n) is 4.64. The molecule has 1 aliphatic heterocycles. The molecule has 17 heavy (non-hydrogen) atoms. The van der Waals surface area contributed by atoms with E-state index in [1.807, 2.05) is 12.1 Å². The molecular weight excluding hydrogens is 257 g/mol. The quantitative estimate of drug-likeness (QED) is 0.915. The summed E-state index contributed by atoms with van der Waals surface area (Å²) in [6.07, 6.45) is 2.14. The van der Waals surface area contributed by atoms with Crippen LogP contribution in [0, 0.1) is 5.92 Å². The van der Waals surface area contributed by atoms with Gasteiger partial charge in [0, 0.05) is 23.2 Å². The summed E-state index contributed by atoms with van der Waals surface area (Å²) in [5, 5.41) is 10.5. The summed E-state index contributed by atoms with van der Waals surface area (Å²) in [7, 11) is 0. The van der Waals surface area contributed by atoms with Crippen molar-refractivity contribution >= 4 is 23.2 Å². The third kappa shape index (κ3) is 3.59. The van der Waals surface area contributed by atoms with Crippen LogP contribution in [0.5, 0.6) is 0 Å². The third-order valence-electron chi connectivity index (χ3n) is 3.37. The molecule has 94 valence electrons. The SMILES string of the molecule is OCC1CCN(Cc2ccc(Cl)cc2Cl)CC1. The van der Waals surface area contributed by atoms with E-state index >= 15 is 0 Å². The van der Waals surface area contributed by atoms with Gasteiger partial charge in [-0.1, -0.05) is 29.3 Å². The fourth-order valence-electron chi connectivity index (χ4n) is 2.22. The molecule has 1 saturated heterocycles. The third-order valence-corrected chi connectivity index (χ3v) is 3.96. The summed E-state index contributed by atoms with van der Waals surface area (Å²) in [6, 6.07) is 5.66. The van der Waals surface area contributed by atoms with Gasteiger partial charge in [0.05, 0.1) is 0 Å². The van der Waals surface area contributed by atoms with Crippen molar-refractivity contribution in [2.75, 3.05) is 19.7 Å². The maximum Gasteiger partial charge on any atom is 0.0465 e. The number of rotatable bonds is 3. The summed E-state index contributed by atoms with van der Waals surface area (Å²) >= 11 is 12.0. The van der Waals surface area contributed by atoms with Gasteiger partial charge in [-0.25, -0.2) is 0 Å². The van der Waals surface area contributed by atoms with Gasteiger partial charge in [0.1, 0.15) is 0 Å². The average molecular weight is 274 g/mol. The van der Waals surface area contributed by atoms with Gasteiger partial charge in [0.25, 0.3) is 0 Å². The predicted molar refractivity (Wildman–Crippen MR) is 71.5 cm³/mol. The fourth-order valence-corrected chi connectivity index (χ4v) is 2.69. The summed E-state index contributed by atoms with van der Waals surface area (Å²) in [5.74, 6) is 0.479. The number of nitrogens with zero attached hydrogens (tertiary/aromatic N) is 1. The molecule has 0 spiro atoms. The molecule has 1 aliphatic rings. The number of benzene rings is 1. The summed E-state index contributed by atoms with van der Waals surface area (Å²) < 4.78 is 0. The largest absolute Gasteiger partial charge is 0.396 e. The van der Waals surface area contributed by atoms with Crippen molar-refractivity contribution in [1.82, 2.24) is 4.90 Å². The molecule has 2 nitrogen and oxygen atoms in total. The molecule has 0 aliphatic carbocycles. The minimum atomic E-state index is 0.315. The van der Waals surface area contributed by atoms with E-state index in [1.54, 1.807) is 6.07 Å². The van der Waals surface area contributed by atoms with Crippen LogP contribution in [-0.4, -0.2) is 29.7 Å². The Bertz CT molecular complexity index is 376. The Balaban J connectivity index is 1.93. The molecule has 0 amide bonds. The summed E-state index contributed by atoms with van der Waals surface area (Å²) in [6.45, 7) is 3.25. The minimum Gasteiger partial charge on any atom is -0.396 e. The van der Waals surface area contributed by atoms with E-state index in [0.717, 1.165) is 43.1 Å². The first-order valence-corrected chi connectivity index (χ1v) is 6.72. The molecule has 1 aromatic rings. The highest BCUT2D eigenvalue weighted by Crippen LogP contribution is 2.24. The molecule has 1 heterocycles. The van der Waals surface area contributed by atoms with Crippen molar-refractivity contribution in [1.29, 1.82) is 0 Å². The number of piperidine rings is 1. The summed E-state index contributed by atoms with van der Waals surface area (Å²) in [4.78, 5) is 2.38. The van der Waals surface area contributed by atoms with E-state index in [1.165, 1.54) is 0 Å². The zero-order valence-electron chi connectivity index (χ0n) is 9.70. The van der Waals surface area contributed by atoms with E-state index < -0.39 is 0 Å². The lowest BCUT2D eigenvalue weighted by Gasteiger charge is -2.31. The summed E-state index contributed by atoms with van der Waals surface area (Å²) in [5.41, 5.74) is 1.12. The van der Waals surface area contributed by atoms with Crippen molar-refractivity contribution in [2.24, 2.45) is 5.92 Å². The first kappa shape index (κ1) is 13.2. The van der Waals surface area contributed by atoms with Crippen molar-refractivity contribution in [3.05, 3.63) is 33.8 Å². The van der Waals surface area contributed by atoms with Crippen LogP contribution in [0.2, 0.25) is 10.0 Å². The highest BCUT2D eigenvalue weighted by atomic mass is 35.5. The minimum absolute atomic E-state index is 0.315. The van der Waals surface area contributed by atoms with Crippen molar-refractivity contribution in [2.45, 2.75) is 19.4 Å². The van der Waals surface area contributed by atoms with E-state index in [2.05, 4.69) is 4.90 Å². The van der Waals surface area contributed by atoms with Crippen LogP contribution in [0.25, 0.3) is 0 Å². The van der Waals surface area contributed by atoms with Gasteiger partial charge in [-0.3, -0.25) is 4.90 Å². The second-order valence-corrected chi connectivity index (χ2v) is 5.48. The second kappa shape index (κ2) is 6.05. The molecule has 1 aromatic carbocycles. The first-order chi connectivity index (χ1) is 8.19. The van der Waals surface area contributed by atoms with E-state index in [-0.39, 0.29) is 0 Å². The molecule has 0 atom stereocenters. The van der Waals surface area contributed by atoms with E-state index in [0.29, 0.717) is 17.5 Å². The topological polar surface area (TPSA) is 23.5 Å². The standard InChI is InChI=1S/C13H17Cl2NO/c14-12-2-1-11(13(15)7-12)8-16-5-3-10(9-17)4-6-16/h1-2,7,10,17H,3-6,8-9H2. The average Bonchev–Trinajstić information content (AvgIpc) is 2.34. The molecule has 0 unspecified atom stereocenters. The molecule has 0 radical (unpaired) electrons. The van der Waals surface area contributed by atoms with Crippen LogP contribution < -0.4 is 0 Å². The normalized spacial score (nSPS) is 18.5. The Hall–Kier alpha value is -0.280. The lowest BCUT2D eigenvalue weighted by molar-refractivity contribution is 0.127. The van der Waals surface area contributed by atoms with Gasteiger partial charge in [-0.2, -0.15) is 0 Å². The van der Waals surface area contributed by atoms with Crippen LogP contribution in [0.4, 0.5) is 0 Å². The lowest BCUT2D eigenvalue weighted by atomic mass is 9.97. The van der Waals surface area contributed by atoms with Crippen molar-refractivity contribution in [3.63, 3.8) is 0 Å². The van der Waals surface area contributed by atoms with Gasteiger partial charge in [0.2, 0.25) is 0 Å². The van der Waals surface area contributed by atoms with Crippen molar-refractivity contribution in [3.8, 4) is 0 Å². The van der Waals surface area contributed by atoms with Gasteiger partial charge < -0.3 is 5.11 Å². The number of halogens is 2. The molecule has 4 heteroatoms. The Morgan fingerprint density at radius 3 is 2.53 bits per heavy atom. The smallest absolute Gasteiger partial charge is 0.0465 e. The van der Waals surface area contributed by atoms with Crippen LogP contribution >= 0.6 is 23.2 Å². The number of aliphatic hydroxyl groups excluding tert-OH is 1. The van der Waals surface area contributed by atoms with Crippen LogP contribution in [0.1, 0.15) is 18.4 Å². The number of hydrogen-bond donors (Lipinski definition) is 1. The molecule has 2 rings (SSSR count). The van der Waals surface area contributed by atoms with Gasteiger partial charge in [-0.05, 0) is 49.5 Å². The molecule has 1 N–H and O–H groups in total. The molecule has 1 fully saturated rings. The van der Waals surface area contributed by atoms with Crippen molar-refractivity contribution < 1.29 is 5.11 Å². The number of aliphatic hydroxyl groups is 1. The maximum atomic E-state index is 9.09. The van der Waals surface area contributed by atoms with Gasteiger partial charge in [-0.15, -0.1) is 0 Å². The maximum absolute atomic E-state index is 9.09. The zero-order valence-corrected chi connectivity index (χ0v) is 11.2. The molecule has 0 bridgehead atoms. The van der Waals surface area contributed by atoms with Crippen LogP contribution in [-0.2, 0) is 6.54 Å². The zero-order chi connectivity index (χ0) is 12.3. The van der Waals surface area contributed by atoms with E-state index in [9.17, 15) is 0 Å². The lowest BCUT2D eigenvalue weighted by Crippen LogP contribution is -2.34. The van der Waals surface area contributed by atoms with Crippen LogP contribution in [0.15, 0.2) is 18.2 Å². The monoisotopic (exact) mass is 273 g/mol. The highest BCUT2D eigenvalue weighted by Gasteiger charge is 2.18. The van der Waals surface area contributed by atoms with Gasteiger partial charge in [0.15, 0.2) is 0 Å². The first-order valence-electron chi connectivity index (χ1n) is 5.96. The molecular formula is C13H17Cl2NO. The van der Waals surface area contributed by atoms with E-state index in [4.69, 9.17) is 28.3 Å². The fraction of sp³-hybridized carbons (Fsp3) is 0.538. The van der Waals surface area contributed by atoms with Crippen LogP contribution in [0.3, 0.4) is 0 Å². The molecule has 0 aromatic heterocycles. The Morgan fingerprint density at radius 2 is 1.94 bits per heavy atom. The Labute approximate surface area is 112 Å². The predicted octanol–water partition coefficient (Wildman–Crippen LogP) is 3.20. The Kier molecular flexibility index (Phi) is 4.69. The number of hydrogen-bond acceptors (Lipinski definition) is 2. The number of likely N-dealkylation sites (tertiary alicyclic amines) is 1. The van der Waals surface area contributed by atoms with Gasteiger partial charge >= 0.3 is 0 Å². The highest BCUT2D eigenvalue weighted by molar-refractivity contribution is 6.35. The molecule has 0 saturated carbocycles. The Morgan fingerprint density at radius 1 is 1.24 bits per heavy atom.